The topological polar surface area (TPSA) is 63.6 Å². The number of halogens is 1. The van der Waals surface area contributed by atoms with Gasteiger partial charge in [-0.05, 0) is 23.8 Å². The summed E-state index contributed by atoms with van der Waals surface area (Å²) in [6.07, 6.45) is 4.02. The Morgan fingerprint density at radius 2 is 2.06 bits per heavy atom. The van der Waals surface area contributed by atoms with Crippen molar-refractivity contribution in [3.05, 3.63) is 53.8 Å². The van der Waals surface area contributed by atoms with Crippen LogP contribution in [0.2, 0.25) is 5.02 Å². The van der Waals surface area contributed by atoms with Crippen molar-refractivity contribution in [2.45, 2.75) is 6.92 Å². The summed E-state index contributed by atoms with van der Waals surface area (Å²) in [5.74, 6) is -1.29. The van der Waals surface area contributed by atoms with Crippen LogP contribution in [0.5, 0.6) is 0 Å². The smallest absolute Gasteiger partial charge is 0.335 e. The number of carboxylic acids is 1. The third-order valence-corrected chi connectivity index (χ3v) is 1.70. The highest BCUT2D eigenvalue weighted by Gasteiger charge is 1.93. The van der Waals surface area contributed by atoms with Crippen LogP contribution in [0.25, 0.3) is 6.08 Å². The summed E-state index contributed by atoms with van der Waals surface area (Å²) in [4.78, 5) is 19.9. The van der Waals surface area contributed by atoms with Crippen LogP contribution < -0.4 is 0 Å². The molecular formula is C13H13ClO4. The predicted molar refractivity (Wildman–Crippen MR) is 70.1 cm³/mol. The molecule has 0 aromatic heterocycles. The second kappa shape index (κ2) is 9.01. The Morgan fingerprint density at radius 3 is 2.56 bits per heavy atom. The lowest BCUT2D eigenvalue weighted by molar-refractivity contribution is -0.134. The molecule has 0 bridgehead atoms. The Kier molecular flexibility index (Phi) is 7.98. The Bertz CT molecular complexity index is 448. The molecule has 0 unspecified atom stereocenters. The summed E-state index contributed by atoms with van der Waals surface area (Å²) in [5, 5.41) is 8.05. The molecule has 1 aromatic carbocycles. The van der Waals surface area contributed by atoms with E-state index < -0.39 is 11.9 Å². The SMILES string of the molecule is C=COC(=O)/C=C/c1cccc(Cl)c1.CC(=O)O. The van der Waals surface area contributed by atoms with Crippen molar-refractivity contribution in [3.63, 3.8) is 0 Å². The number of hydrogen-bond donors (Lipinski definition) is 1. The molecule has 0 aliphatic heterocycles. The van der Waals surface area contributed by atoms with E-state index in [0.717, 1.165) is 18.7 Å². The van der Waals surface area contributed by atoms with Crippen molar-refractivity contribution >= 4 is 29.6 Å². The van der Waals surface area contributed by atoms with Crippen LogP contribution in [-0.4, -0.2) is 17.0 Å². The van der Waals surface area contributed by atoms with Gasteiger partial charge in [-0.1, -0.05) is 30.3 Å². The summed E-state index contributed by atoms with van der Waals surface area (Å²) < 4.78 is 4.50. The number of hydrogen-bond acceptors (Lipinski definition) is 3. The van der Waals surface area contributed by atoms with Crippen molar-refractivity contribution in [2.75, 3.05) is 0 Å². The number of esters is 1. The van der Waals surface area contributed by atoms with Crippen molar-refractivity contribution < 1.29 is 19.4 Å². The van der Waals surface area contributed by atoms with E-state index in [2.05, 4.69) is 11.3 Å². The van der Waals surface area contributed by atoms with Crippen LogP contribution in [-0.2, 0) is 14.3 Å². The molecule has 0 atom stereocenters. The van der Waals surface area contributed by atoms with E-state index in [1.54, 1.807) is 24.3 Å². The number of aliphatic carboxylic acids is 1. The molecule has 0 heterocycles. The second-order valence-corrected chi connectivity index (χ2v) is 3.45. The number of ether oxygens (including phenoxy) is 1. The molecule has 96 valence electrons. The maximum absolute atomic E-state index is 10.9. The Balaban J connectivity index is 0.000000631. The first-order valence-corrected chi connectivity index (χ1v) is 5.28. The summed E-state index contributed by atoms with van der Waals surface area (Å²) in [5.41, 5.74) is 0.846. The fourth-order valence-corrected chi connectivity index (χ4v) is 1.09. The molecule has 0 aliphatic carbocycles. The summed E-state index contributed by atoms with van der Waals surface area (Å²) in [7, 11) is 0. The number of benzene rings is 1. The van der Waals surface area contributed by atoms with Crippen LogP contribution in [0, 0.1) is 0 Å². The molecule has 0 saturated heterocycles. The fraction of sp³-hybridized carbons (Fsp3) is 0.0769. The van der Waals surface area contributed by atoms with Crippen molar-refractivity contribution in [1.29, 1.82) is 0 Å². The standard InChI is InChI=1S/C11H9ClO2.C2H4O2/c1-2-14-11(13)7-6-9-4-3-5-10(12)8-9;1-2(3)4/h2-8H,1H2;1H3,(H,3,4)/b7-6+;. The Labute approximate surface area is 110 Å². The minimum absolute atomic E-state index is 0.458. The molecule has 5 heteroatoms. The molecule has 1 N–H and O–H groups in total. The van der Waals surface area contributed by atoms with Gasteiger partial charge in [0.15, 0.2) is 0 Å². The lowest BCUT2D eigenvalue weighted by atomic mass is 10.2. The van der Waals surface area contributed by atoms with Gasteiger partial charge in [0, 0.05) is 18.0 Å². The minimum Gasteiger partial charge on any atom is -0.481 e. The predicted octanol–water partition coefficient (Wildman–Crippen LogP) is 3.13. The van der Waals surface area contributed by atoms with E-state index >= 15 is 0 Å². The number of carbonyl (C=O) groups excluding carboxylic acids is 1. The molecule has 18 heavy (non-hydrogen) atoms. The molecule has 0 aliphatic rings. The van der Waals surface area contributed by atoms with Crippen molar-refractivity contribution in [2.24, 2.45) is 0 Å². The highest BCUT2D eigenvalue weighted by Crippen LogP contribution is 2.11. The molecular weight excluding hydrogens is 256 g/mol. The zero-order valence-electron chi connectivity index (χ0n) is 9.80. The van der Waals surface area contributed by atoms with Gasteiger partial charge < -0.3 is 9.84 Å². The van der Waals surface area contributed by atoms with Gasteiger partial charge in [-0.2, -0.15) is 0 Å². The summed E-state index contributed by atoms with van der Waals surface area (Å²) in [6, 6.07) is 7.16. The van der Waals surface area contributed by atoms with Crippen LogP contribution in [0.3, 0.4) is 0 Å². The molecule has 0 radical (unpaired) electrons. The van der Waals surface area contributed by atoms with E-state index in [1.807, 2.05) is 6.07 Å². The second-order valence-electron chi connectivity index (χ2n) is 3.01. The zero-order chi connectivity index (χ0) is 14.0. The lowest BCUT2D eigenvalue weighted by Gasteiger charge is -1.94. The van der Waals surface area contributed by atoms with Crippen molar-refractivity contribution in [1.82, 2.24) is 0 Å². The van der Waals surface area contributed by atoms with Crippen LogP contribution in [0.1, 0.15) is 12.5 Å². The van der Waals surface area contributed by atoms with Crippen LogP contribution in [0.15, 0.2) is 43.2 Å². The molecule has 0 saturated carbocycles. The zero-order valence-corrected chi connectivity index (χ0v) is 10.6. The number of carboxylic acid groups (broad SMARTS) is 1. The first kappa shape index (κ1) is 15.9. The average molecular weight is 269 g/mol. The van der Waals surface area contributed by atoms with Gasteiger partial charge in [0.2, 0.25) is 0 Å². The van der Waals surface area contributed by atoms with E-state index in [-0.39, 0.29) is 0 Å². The quantitative estimate of drug-likeness (QED) is 0.520. The van der Waals surface area contributed by atoms with Gasteiger partial charge in [-0.25, -0.2) is 4.79 Å². The Morgan fingerprint density at radius 1 is 1.44 bits per heavy atom. The third kappa shape index (κ3) is 9.18. The highest BCUT2D eigenvalue weighted by molar-refractivity contribution is 6.30. The van der Waals surface area contributed by atoms with E-state index in [0.29, 0.717) is 5.02 Å². The minimum atomic E-state index is -0.833. The molecule has 0 spiro atoms. The van der Waals surface area contributed by atoms with Gasteiger partial charge in [-0.15, -0.1) is 0 Å². The third-order valence-electron chi connectivity index (χ3n) is 1.46. The average Bonchev–Trinajstić information content (AvgIpc) is 2.26. The molecule has 0 fully saturated rings. The molecule has 4 nitrogen and oxygen atoms in total. The van der Waals surface area contributed by atoms with E-state index in [1.165, 1.54) is 6.08 Å². The van der Waals surface area contributed by atoms with E-state index in [4.69, 9.17) is 21.5 Å². The summed E-state index contributed by atoms with van der Waals surface area (Å²) in [6.45, 7) is 4.36. The normalized spacial score (nSPS) is 9.22. The molecule has 0 amide bonds. The van der Waals surface area contributed by atoms with Gasteiger partial charge in [-0.3, -0.25) is 4.79 Å². The van der Waals surface area contributed by atoms with Gasteiger partial charge in [0.25, 0.3) is 5.97 Å². The van der Waals surface area contributed by atoms with E-state index in [9.17, 15) is 4.79 Å². The van der Waals surface area contributed by atoms with Gasteiger partial charge in [0.1, 0.15) is 0 Å². The van der Waals surface area contributed by atoms with Gasteiger partial charge >= 0.3 is 5.97 Å². The maximum atomic E-state index is 10.9. The Hall–Kier alpha value is -2.07. The maximum Gasteiger partial charge on any atom is 0.335 e. The molecule has 1 aromatic rings. The largest absolute Gasteiger partial charge is 0.481 e. The molecule has 1 rings (SSSR count). The van der Waals surface area contributed by atoms with Gasteiger partial charge in [0.05, 0.1) is 6.26 Å². The fourth-order valence-electron chi connectivity index (χ4n) is 0.896. The number of rotatable bonds is 3. The highest BCUT2D eigenvalue weighted by atomic mass is 35.5. The van der Waals surface area contributed by atoms with Crippen molar-refractivity contribution in [3.8, 4) is 0 Å². The first-order chi connectivity index (χ1) is 8.45. The van der Waals surface area contributed by atoms with Crippen LogP contribution >= 0.6 is 11.6 Å². The lowest BCUT2D eigenvalue weighted by Crippen LogP contribution is -1.92. The monoisotopic (exact) mass is 268 g/mol. The number of carbonyl (C=O) groups is 2. The van der Waals surface area contributed by atoms with Crippen LogP contribution in [0.4, 0.5) is 0 Å². The first-order valence-electron chi connectivity index (χ1n) is 4.90. The summed E-state index contributed by atoms with van der Waals surface area (Å²) >= 11 is 5.76.